The van der Waals surface area contributed by atoms with Crippen LogP contribution in [0.1, 0.15) is 42.2 Å². The fourth-order valence-corrected chi connectivity index (χ4v) is 3.25. The molecule has 0 aliphatic carbocycles. The highest BCUT2D eigenvalue weighted by atomic mass is 35.5. The molecule has 1 aliphatic rings. The molecule has 1 fully saturated rings. The molecule has 1 amide bonds. The minimum Gasteiger partial charge on any atom is -0.334 e. The van der Waals surface area contributed by atoms with Crippen LogP contribution in [0.25, 0.3) is 0 Å². The monoisotopic (exact) mass is 381 g/mol. The van der Waals surface area contributed by atoms with Crippen LogP contribution < -0.4 is 5.32 Å². The van der Waals surface area contributed by atoms with Gasteiger partial charge in [-0.1, -0.05) is 24.3 Å². The molecule has 0 bridgehead atoms. The van der Waals surface area contributed by atoms with Crippen molar-refractivity contribution in [1.82, 2.24) is 25.2 Å². The summed E-state index contributed by atoms with van der Waals surface area (Å²) in [6.07, 6.45) is 4.48. The number of rotatable bonds is 6. The molecule has 0 saturated carbocycles. The van der Waals surface area contributed by atoms with Gasteiger partial charge in [0.1, 0.15) is 5.82 Å². The number of aromatic nitrogens is 3. The summed E-state index contributed by atoms with van der Waals surface area (Å²) in [6, 6.07) is 6.60. The van der Waals surface area contributed by atoms with Crippen LogP contribution in [0, 0.1) is 5.82 Å². The highest BCUT2D eigenvalue weighted by Crippen LogP contribution is 2.15. The number of amides is 1. The van der Waals surface area contributed by atoms with E-state index in [4.69, 9.17) is 0 Å². The molecule has 6 nitrogen and oxygen atoms in total. The molecule has 2 heterocycles. The number of nitrogens with one attached hydrogen (secondary N) is 1. The lowest BCUT2D eigenvalue weighted by Crippen LogP contribution is -2.46. The smallest absolute Gasteiger partial charge is 0.276 e. The Labute approximate surface area is 159 Å². The molecular formula is C18H25ClFN5O. The zero-order valence-electron chi connectivity index (χ0n) is 14.9. The second-order valence-corrected chi connectivity index (χ2v) is 6.41. The fourth-order valence-electron chi connectivity index (χ4n) is 3.25. The average molecular weight is 382 g/mol. The SMILES string of the molecule is CCCN(C(=O)c1cn(Cc2cccc(F)c2)nn1)C1CCNCC1.Cl. The van der Waals surface area contributed by atoms with Gasteiger partial charge in [0.05, 0.1) is 12.7 Å². The van der Waals surface area contributed by atoms with E-state index in [2.05, 4.69) is 22.6 Å². The van der Waals surface area contributed by atoms with Gasteiger partial charge in [-0.2, -0.15) is 0 Å². The third-order valence-corrected chi connectivity index (χ3v) is 4.47. The van der Waals surface area contributed by atoms with E-state index >= 15 is 0 Å². The van der Waals surface area contributed by atoms with Crippen LogP contribution >= 0.6 is 12.4 Å². The molecule has 8 heteroatoms. The number of piperidine rings is 1. The van der Waals surface area contributed by atoms with Gasteiger partial charge >= 0.3 is 0 Å². The van der Waals surface area contributed by atoms with Gasteiger partial charge in [0.2, 0.25) is 0 Å². The van der Waals surface area contributed by atoms with Crippen molar-refractivity contribution < 1.29 is 9.18 Å². The van der Waals surface area contributed by atoms with Crippen LogP contribution in [0.3, 0.4) is 0 Å². The van der Waals surface area contributed by atoms with Crippen molar-refractivity contribution in [1.29, 1.82) is 0 Å². The highest BCUT2D eigenvalue weighted by molar-refractivity contribution is 5.92. The standard InChI is InChI=1S/C18H24FN5O.ClH/c1-2-10-24(16-6-8-20-9-7-16)18(25)17-13-23(22-21-17)12-14-4-3-5-15(19)11-14;/h3-5,11,13,16,20H,2,6-10,12H2,1H3;1H. The van der Waals surface area contributed by atoms with E-state index in [1.165, 1.54) is 12.1 Å². The lowest BCUT2D eigenvalue weighted by atomic mass is 10.0. The summed E-state index contributed by atoms with van der Waals surface area (Å²) < 4.78 is 14.9. The molecule has 3 rings (SSSR count). The topological polar surface area (TPSA) is 63.1 Å². The number of nitrogens with zero attached hydrogens (tertiary/aromatic N) is 4. The lowest BCUT2D eigenvalue weighted by molar-refractivity contribution is 0.0636. The Morgan fingerprint density at radius 1 is 1.38 bits per heavy atom. The summed E-state index contributed by atoms with van der Waals surface area (Å²) in [5.74, 6) is -0.354. The van der Waals surface area contributed by atoms with E-state index in [1.807, 2.05) is 11.0 Å². The molecule has 0 atom stereocenters. The zero-order chi connectivity index (χ0) is 17.6. The summed E-state index contributed by atoms with van der Waals surface area (Å²) in [5, 5.41) is 11.4. The van der Waals surface area contributed by atoms with Crippen molar-refractivity contribution in [3.8, 4) is 0 Å². The Balaban J connectivity index is 0.00000243. The predicted molar refractivity (Wildman–Crippen MR) is 100.0 cm³/mol. The van der Waals surface area contributed by atoms with Gasteiger partial charge in [-0.15, -0.1) is 17.5 Å². The van der Waals surface area contributed by atoms with E-state index < -0.39 is 0 Å². The molecule has 1 aromatic carbocycles. The van der Waals surface area contributed by atoms with Gasteiger partial charge in [-0.25, -0.2) is 9.07 Å². The maximum Gasteiger partial charge on any atom is 0.276 e. The molecule has 1 aromatic heterocycles. The number of hydrogen-bond acceptors (Lipinski definition) is 4. The van der Waals surface area contributed by atoms with Crippen LogP contribution in [0.2, 0.25) is 0 Å². The normalized spacial score (nSPS) is 14.7. The average Bonchev–Trinajstić information content (AvgIpc) is 3.08. The van der Waals surface area contributed by atoms with Gasteiger partial charge in [0.25, 0.3) is 5.91 Å². The van der Waals surface area contributed by atoms with Crippen molar-refractivity contribution in [2.45, 2.75) is 38.8 Å². The van der Waals surface area contributed by atoms with E-state index in [-0.39, 0.29) is 30.2 Å². The van der Waals surface area contributed by atoms with Gasteiger partial charge < -0.3 is 10.2 Å². The van der Waals surface area contributed by atoms with E-state index in [9.17, 15) is 9.18 Å². The first-order valence-electron chi connectivity index (χ1n) is 8.83. The molecule has 0 spiro atoms. The molecule has 1 saturated heterocycles. The van der Waals surface area contributed by atoms with Crippen molar-refractivity contribution in [3.05, 3.63) is 47.5 Å². The second kappa shape index (κ2) is 9.64. The lowest BCUT2D eigenvalue weighted by Gasteiger charge is -2.34. The van der Waals surface area contributed by atoms with Crippen molar-refractivity contribution in [2.75, 3.05) is 19.6 Å². The van der Waals surface area contributed by atoms with Crippen LogP contribution in [0.5, 0.6) is 0 Å². The molecule has 2 aromatic rings. The number of carbonyl (C=O) groups excluding carboxylic acids is 1. The number of halogens is 2. The van der Waals surface area contributed by atoms with Crippen molar-refractivity contribution in [3.63, 3.8) is 0 Å². The van der Waals surface area contributed by atoms with Gasteiger partial charge in [0, 0.05) is 12.6 Å². The third-order valence-electron chi connectivity index (χ3n) is 4.47. The van der Waals surface area contributed by atoms with Crippen LogP contribution in [0.4, 0.5) is 4.39 Å². The Bertz CT molecular complexity index is 717. The molecule has 1 N–H and O–H groups in total. The quantitative estimate of drug-likeness (QED) is 0.835. The summed E-state index contributed by atoms with van der Waals surface area (Å²) >= 11 is 0. The molecule has 0 radical (unpaired) electrons. The zero-order valence-corrected chi connectivity index (χ0v) is 15.7. The Hall–Kier alpha value is -1.99. The maximum atomic E-state index is 13.3. The van der Waals surface area contributed by atoms with E-state index in [0.29, 0.717) is 12.2 Å². The van der Waals surface area contributed by atoms with E-state index in [0.717, 1.165) is 44.5 Å². The summed E-state index contributed by atoms with van der Waals surface area (Å²) in [7, 11) is 0. The summed E-state index contributed by atoms with van der Waals surface area (Å²) in [5.41, 5.74) is 1.14. The first-order chi connectivity index (χ1) is 12.2. The van der Waals surface area contributed by atoms with Crippen LogP contribution in [-0.4, -0.2) is 51.5 Å². The van der Waals surface area contributed by atoms with Crippen molar-refractivity contribution >= 4 is 18.3 Å². The summed E-state index contributed by atoms with van der Waals surface area (Å²) in [4.78, 5) is 14.8. The highest BCUT2D eigenvalue weighted by Gasteiger charge is 2.27. The molecule has 0 unspecified atom stereocenters. The largest absolute Gasteiger partial charge is 0.334 e. The van der Waals surface area contributed by atoms with Gasteiger partial charge in [0.15, 0.2) is 5.69 Å². The first kappa shape index (κ1) is 20.3. The minimum atomic E-state index is -0.283. The summed E-state index contributed by atoms with van der Waals surface area (Å²) in [6.45, 7) is 5.05. The van der Waals surface area contributed by atoms with Crippen LogP contribution in [-0.2, 0) is 6.54 Å². The fraction of sp³-hybridized carbons (Fsp3) is 0.500. The Kier molecular flexibility index (Phi) is 7.53. The Morgan fingerprint density at radius 2 is 2.15 bits per heavy atom. The Morgan fingerprint density at radius 3 is 2.85 bits per heavy atom. The van der Waals surface area contributed by atoms with Crippen LogP contribution in [0.15, 0.2) is 30.5 Å². The third kappa shape index (κ3) is 5.02. The van der Waals surface area contributed by atoms with Gasteiger partial charge in [-0.05, 0) is 50.0 Å². The number of hydrogen-bond donors (Lipinski definition) is 1. The molecule has 1 aliphatic heterocycles. The van der Waals surface area contributed by atoms with Gasteiger partial charge in [-0.3, -0.25) is 4.79 Å². The number of benzene rings is 1. The first-order valence-corrected chi connectivity index (χ1v) is 8.83. The van der Waals surface area contributed by atoms with Crippen molar-refractivity contribution in [2.24, 2.45) is 0 Å². The molecule has 142 valence electrons. The maximum absolute atomic E-state index is 13.3. The minimum absolute atomic E-state index is 0. The predicted octanol–water partition coefficient (Wildman–Crippen LogP) is 2.49. The number of carbonyl (C=O) groups is 1. The van der Waals surface area contributed by atoms with E-state index in [1.54, 1.807) is 16.9 Å². The molecule has 26 heavy (non-hydrogen) atoms. The molecular weight excluding hydrogens is 357 g/mol. The second-order valence-electron chi connectivity index (χ2n) is 6.41.